The number of methoxy groups -OCH3 is 2. The molecule has 1 heterocycles. The second kappa shape index (κ2) is 8.05. The Bertz CT molecular complexity index is 988. The van der Waals surface area contributed by atoms with E-state index in [1.165, 1.54) is 11.3 Å². The molecular formula is C20H15ClN2O2S. The predicted molar refractivity (Wildman–Crippen MR) is 106 cm³/mol. The fraction of sp³-hybridized carbons (Fsp3) is 0.100. The second-order valence-electron chi connectivity index (χ2n) is 5.33. The van der Waals surface area contributed by atoms with Crippen LogP contribution in [-0.4, -0.2) is 19.2 Å². The van der Waals surface area contributed by atoms with E-state index in [4.69, 9.17) is 21.1 Å². The number of nitrogens with zero attached hydrogens (tertiary/aromatic N) is 2. The Labute approximate surface area is 160 Å². The van der Waals surface area contributed by atoms with Crippen LogP contribution < -0.4 is 9.47 Å². The molecule has 0 bridgehead atoms. The monoisotopic (exact) mass is 382 g/mol. The minimum Gasteiger partial charge on any atom is -0.497 e. The van der Waals surface area contributed by atoms with Crippen LogP contribution in [0.2, 0.25) is 5.02 Å². The summed E-state index contributed by atoms with van der Waals surface area (Å²) < 4.78 is 10.5. The number of aromatic nitrogens is 1. The lowest BCUT2D eigenvalue weighted by atomic mass is 10.1. The highest BCUT2D eigenvalue weighted by atomic mass is 35.5. The Kier molecular flexibility index (Phi) is 5.57. The van der Waals surface area contributed by atoms with Gasteiger partial charge in [0.2, 0.25) is 0 Å². The molecule has 0 aliphatic rings. The van der Waals surface area contributed by atoms with Gasteiger partial charge in [-0.2, -0.15) is 5.26 Å². The molecule has 1 aromatic heterocycles. The summed E-state index contributed by atoms with van der Waals surface area (Å²) in [5.74, 6) is 1.45. The largest absolute Gasteiger partial charge is 0.497 e. The maximum atomic E-state index is 9.54. The third-order valence-corrected chi connectivity index (χ3v) is 4.83. The summed E-state index contributed by atoms with van der Waals surface area (Å²) in [6.07, 6.45) is 1.80. The van der Waals surface area contributed by atoms with Crippen LogP contribution in [0, 0.1) is 11.3 Å². The smallest absolute Gasteiger partial charge is 0.134 e. The van der Waals surface area contributed by atoms with E-state index in [-0.39, 0.29) is 0 Å². The summed E-state index contributed by atoms with van der Waals surface area (Å²) in [7, 11) is 3.22. The summed E-state index contributed by atoms with van der Waals surface area (Å²) >= 11 is 7.50. The molecule has 0 radical (unpaired) electrons. The number of nitriles is 1. The van der Waals surface area contributed by atoms with Crippen molar-refractivity contribution in [2.45, 2.75) is 0 Å². The number of rotatable bonds is 5. The first-order chi connectivity index (χ1) is 12.6. The molecule has 4 nitrogen and oxygen atoms in total. The third-order valence-electron chi connectivity index (χ3n) is 3.72. The number of benzene rings is 2. The van der Waals surface area contributed by atoms with Gasteiger partial charge in [0.15, 0.2) is 0 Å². The molecule has 3 rings (SSSR count). The van der Waals surface area contributed by atoms with Gasteiger partial charge in [0.25, 0.3) is 0 Å². The molecule has 0 N–H and O–H groups in total. The molecule has 0 saturated heterocycles. The highest BCUT2D eigenvalue weighted by Gasteiger charge is 2.13. The van der Waals surface area contributed by atoms with Gasteiger partial charge in [0.05, 0.1) is 25.5 Å². The van der Waals surface area contributed by atoms with Gasteiger partial charge in [-0.25, -0.2) is 4.98 Å². The molecule has 0 unspecified atom stereocenters. The van der Waals surface area contributed by atoms with Crippen LogP contribution in [0.5, 0.6) is 11.5 Å². The molecule has 0 amide bonds. The predicted octanol–water partition coefficient (Wildman–Crippen LogP) is 5.54. The Hall–Kier alpha value is -2.81. The molecule has 0 spiro atoms. The molecule has 0 fully saturated rings. The lowest BCUT2D eigenvalue weighted by Gasteiger charge is -2.06. The number of halogens is 1. The van der Waals surface area contributed by atoms with E-state index in [9.17, 15) is 5.26 Å². The summed E-state index contributed by atoms with van der Waals surface area (Å²) in [5, 5.41) is 12.7. The maximum Gasteiger partial charge on any atom is 0.134 e. The molecule has 0 aliphatic heterocycles. The zero-order valence-electron chi connectivity index (χ0n) is 14.2. The van der Waals surface area contributed by atoms with Gasteiger partial charge in [-0.15, -0.1) is 11.3 Å². The molecule has 0 aliphatic carbocycles. The first-order valence-corrected chi connectivity index (χ1v) is 8.96. The third kappa shape index (κ3) is 3.88. The van der Waals surface area contributed by atoms with Crippen molar-refractivity contribution in [1.82, 2.24) is 4.98 Å². The standard InChI is InChI=1S/C20H15ClN2O2S/c1-24-16-6-3-13(4-7-16)9-14(11-22)20-23-18(12-26-20)17-10-15(21)5-8-19(17)25-2/h3-10,12H,1-2H3/b14-9-. The molecule has 3 aromatic rings. The zero-order valence-corrected chi connectivity index (χ0v) is 15.8. The fourth-order valence-corrected chi connectivity index (χ4v) is 3.37. The van der Waals surface area contributed by atoms with Crippen molar-refractivity contribution in [3.63, 3.8) is 0 Å². The van der Waals surface area contributed by atoms with Gasteiger partial charge in [0, 0.05) is 16.0 Å². The van der Waals surface area contributed by atoms with Gasteiger partial charge < -0.3 is 9.47 Å². The molecule has 0 saturated carbocycles. The minimum absolute atomic E-state index is 0.493. The SMILES string of the molecule is COc1ccc(/C=C(/C#N)c2nc(-c3cc(Cl)ccc3OC)cs2)cc1. The first kappa shape index (κ1) is 18.0. The van der Waals surface area contributed by atoms with Gasteiger partial charge in [-0.05, 0) is 42.0 Å². The summed E-state index contributed by atoms with van der Waals surface area (Å²) in [5.41, 5.74) is 2.91. The molecule has 0 atom stereocenters. The van der Waals surface area contributed by atoms with Crippen LogP contribution in [0.4, 0.5) is 0 Å². The van der Waals surface area contributed by atoms with Crippen molar-refractivity contribution in [2.24, 2.45) is 0 Å². The summed E-state index contributed by atoms with van der Waals surface area (Å²) in [6, 6.07) is 15.1. The van der Waals surface area contributed by atoms with Crippen LogP contribution in [0.1, 0.15) is 10.6 Å². The zero-order chi connectivity index (χ0) is 18.5. The van der Waals surface area contributed by atoms with Crippen LogP contribution in [0.3, 0.4) is 0 Å². The highest BCUT2D eigenvalue weighted by Crippen LogP contribution is 2.34. The molecule has 6 heteroatoms. The van der Waals surface area contributed by atoms with Crippen molar-refractivity contribution < 1.29 is 9.47 Å². The fourth-order valence-electron chi connectivity index (χ4n) is 2.41. The van der Waals surface area contributed by atoms with E-state index in [2.05, 4.69) is 11.1 Å². The summed E-state index contributed by atoms with van der Waals surface area (Å²) in [4.78, 5) is 4.60. The van der Waals surface area contributed by atoms with Crippen molar-refractivity contribution in [3.8, 4) is 28.8 Å². The van der Waals surface area contributed by atoms with E-state index >= 15 is 0 Å². The van der Waals surface area contributed by atoms with Crippen molar-refractivity contribution in [3.05, 3.63) is 63.4 Å². The summed E-state index contributed by atoms with van der Waals surface area (Å²) in [6.45, 7) is 0. The van der Waals surface area contributed by atoms with E-state index in [1.807, 2.05) is 29.6 Å². The van der Waals surface area contributed by atoms with Crippen LogP contribution in [0.15, 0.2) is 47.8 Å². The molecule has 26 heavy (non-hydrogen) atoms. The second-order valence-corrected chi connectivity index (χ2v) is 6.62. The topological polar surface area (TPSA) is 55.1 Å². The van der Waals surface area contributed by atoms with Gasteiger partial charge in [0.1, 0.15) is 22.6 Å². The van der Waals surface area contributed by atoms with Gasteiger partial charge >= 0.3 is 0 Å². The Morgan fingerprint density at radius 2 is 1.92 bits per heavy atom. The number of allylic oxidation sites excluding steroid dienone is 1. The molecular weight excluding hydrogens is 368 g/mol. The Balaban J connectivity index is 1.96. The highest BCUT2D eigenvalue weighted by molar-refractivity contribution is 7.11. The average Bonchev–Trinajstić information content (AvgIpc) is 3.16. The van der Waals surface area contributed by atoms with E-state index in [1.54, 1.807) is 38.5 Å². The van der Waals surface area contributed by atoms with Crippen LogP contribution in [0.25, 0.3) is 22.9 Å². The van der Waals surface area contributed by atoms with E-state index in [0.29, 0.717) is 21.4 Å². The normalized spacial score (nSPS) is 11.1. The van der Waals surface area contributed by atoms with Crippen LogP contribution >= 0.6 is 22.9 Å². The van der Waals surface area contributed by atoms with Crippen molar-refractivity contribution in [1.29, 1.82) is 5.26 Å². The Morgan fingerprint density at radius 1 is 1.15 bits per heavy atom. The number of thiazole rings is 1. The minimum atomic E-state index is 0.493. The van der Waals surface area contributed by atoms with E-state index < -0.39 is 0 Å². The average molecular weight is 383 g/mol. The number of ether oxygens (including phenoxy) is 2. The number of hydrogen-bond donors (Lipinski definition) is 0. The van der Waals surface area contributed by atoms with Crippen molar-refractivity contribution in [2.75, 3.05) is 14.2 Å². The number of hydrogen-bond acceptors (Lipinski definition) is 5. The van der Waals surface area contributed by atoms with Crippen molar-refractivity contribution >= 4 is 34.6 Å². The molecule has 2 aromatic carbocycles. The quantitative estimate of drug-likeness (QED) is 0.543. The lowest BCUT2D eigenvalue weighted by Crippen LogP contribution is -1.89. The molecule has 130 valence electrons. The Morgan fingerprint density at radius 3 is 2.58 bits per heavy atom. The van der Waals surface area contributed by atoms with Crippen LogP contribution in [-0.2, 0) is 0 Å². The first-order valence-electron chi connectivity index (χ1n) is 7.70. The van der Waals surface area contributed by atoms with Gasteiger partial charge in [-0.3, -0.25) is 0 Å². The van der Waals surface area contributed by atoms with Gasteiger partial charge in [-0.1, -0.05) is 23.7 Å². The maximum absolute atomic E-state index is 9.54. The lowest BCUT2D eigenvalue weighted by molar-refractivity contribution is 0.415. The van der Waals surface area contributed by atoms with E-state index in [0.717, 1.165) is 22.6 Å².